The van der Waals surface area contributed by atoms with Gasteiger partial charge in [0.25, 0.3) is 0 Å². The van der Waals surface area contributed by atoms with Crippen LogP contribution in [0.2, 0.25) is 0 Å². The number of methoxy groups -OCH3 is 1. The lowest BCUT2D eigenvalue weighted by Gasteiger charge is -2.06. The van der Waals surface area contributed by atoms with Crippen LogP contribution in [0.5, 0.6) is 5.75 Å². The fourth-order valence-corrected chi connectivity index (χ4v) is 1.51. The van der Waals surface area contributed by atoms with Crippen LogP contribution in [0.1, 0.15) is 17.9 Å². The molecule has 0 saturated heterocycles. The van der Waals surface area contributed by atoms with E-state index < -0.39 is 0 Å². The van der Waals surface area contributed by atoms with Crippen molar-refractivity contribution in [2.75, 3.05) is 7.11 Å². The second kappa shape index (κ2) is 3.00. The number of hydrogen-bond donors (Lipinski definition) is 1. The predicted molar refractivity (Wildman–Crippen MR) is 46.3 cm³/mol. The standard InChI is InChI=1S/C10H11FO2/c1-13-10-4-6(11)2-3-7(10)8-5-9(8)12/h2-4,8-9,12H,5H2,1H3/t8-,9+/m1/s1. The molecule has 0 aromatic heterocycles. The SMILES string of the molecule is COc1cc(F)ccc1[C@H]1C[C@@H]1O. The summed E-state index contributed by atoms with van der Waals surface area (Å²) in [6, 6.07) is 4.42. The Hall–Kier alpha value is -1.09. The van der Waals surface area contributed by atoms with Crippen molar-refractivity contribution in [2.24, 2.45) is 0 Å². The average molecular weight is 182 g/mol. The van der Waals surface area contributed by atoms with Gasteiger partial charge in [0.2, 0.25) is 0 Å². The third-order valence-electron chi connectivity index (χ3n) is 2.35. The molecule has 0 radical (unpaired) electrons. The minimum atomic E-state index is -0.310. The summed E-state index contributed by atoms with van der Waals surface area (Å²) in [4.78, 5) is 0. The molecule has 1 N–H and O–H groups in total. The largest absolute Gasteiger partial charge is 0.496 e. The van der Waals surface area contributed by atoms with Crippen molar-refractivity contribution in [1.29, 1.82) is 0 Å². The quantitative estimate of drug-likeness (QED) is 0.754. The van der Waals surface area contributed by atoms with E-state index in [1.165, 1.54) is 19.2 Å². The van der Waals surface area contributed by atoms with Crippen molar-refractivity contribution in [1.82, 2.24) is 0 Å². The van der Waals surface area contributed by atoms with E-state index in [1.54, 1.807) is 6.07 Å². The number of benzene rings is 1. The average Bonchev–Trinajstić information content (AvgIpc) is 2.82. The zero-order chi connectivity index (χ0) is 9.42. The number of aliphatic hydroxyl groups is 1. The third kappa shape index (κ3) is 1.52. The minimum Gasteiger partial charge on any atom is -0.496 e. The van der Waals surface area contributed by atoms with Gasteiger partial charge in [-0.15, -0.1) is 0 Å². The van der Waals surface area contributed by atoms with E-state index >= 15 is 0 Å². The van der Waals surface area contributed by atoms with Gasteiger partial charge in [0.05, 0.1) is 13.2 Å². The molecule has 1 fully saturated rings. The van der Waals surface area contributed by atoms with Gasteiger partial charge in [0, 0.05) is 17.5 Å². The molecular weight excluding hydrogens is 171 g/mol. The molecule has 0 amide bonds. The zero-order valence-electron chi connectivity index (χ0n) is 7.33. The number of halogens is 1. The third-order valence-corrected chi connectivity index (χ3v) is 2.35. The number of ether oxygens (including phenoxy) is 1. The van der Waals surface area contributed by atoms with Crippen molar-refractivity contribution in [3.05, 3.63) is 29.6 Å². The van der Waals surface area contributed by atoms with Gasteiger partial charge in [-0.3, -0.25) is 0 Å². The summed E-state index contributed by atoms with van der Waals surface area (Å²) >= 11 is 0. The molecule has 2 atom stereocenters. The highest BCUT2D eigenvalue weighted by Crippen LogP contribution is 2.44. The maximum Gasteiger partial charge on any atom is 0.126 e. The van der Waals surface area contributed by atoms with Crippen LogP contribution < -0.4 is 4.74 Å². The van der Waals surface area contributed by atoms with Crippen molar-refractivity contribution < 1.29 is 14.2 Å². The lowest BCUT2D eigenvalue weighted by Crippen LogP contribution is -1.93. The first kappa shape index (κ1) is 8.51. The highest BCUT2D eigenvalue weighted by Gasteiger charge is 2.38. The van der Waals surface area contributed by atoms with Crippen LogP contribution in [0.3, 0.4) is 0 Å². The van der Waals surface area contributed by atoms with E-state index in [2.05, 4.69) is 0 Å². The van der Waals surface area contributed by atoms with Gasteiger partial charge in [-0.05, 0) is 12.5 Å². The second-order valence-electron chi connectivity index (χ2n) is 3.30. The van der Waals surface area contributed by atoms with Gasteiger partial charge >= 0.3 is 0 Å². The molecular formula is C10H11FO2. The van der Waals surface area contributed by atoms with Crippen LogP contribution >= 0.6 is 0 Å². The first-order valence-corrected chi connectivity index (χ1v) is 4.24. The Bertz CT molecular complexity index is 325. The van der Waals surface area contributed by atoms with Crippen LogP contribution in [0.15, 0.2) is 18.2 Å². The maximum atomic E-state index is 12.8. The molecule has 0 unspecified atom stereocenters. The van der Waals surface area contributed by atoms with E-state index in [0.717, 1.165) is 12.0 Å². The number of aliphatic hydroxyl groups excluding tert-OH is 1. The lowest BCUT2D eigenvalue weighted by atomic mass is 10.1. The molecule has 70 valence electrons. The molecule has 3 heteroatoms. The Morgan fingerprint density at radius 2 is 2.23 bits per heavy atom. The highest BCUT2D eigenvalue weighted by atomic mass is 19.1. The van der Waals surface area contributed by atoms with Crippen molar-refractivity contribution >= 4 is 0 Å². The first-order valence-electron chi connectivity index (χ1n) is 4.24. The summed E-state index contributed by atoms with van der Waals surface area (Å²) in [6.45, 7) is 0. The van der Waals surface area contributed by atoms with Gasteiger partial charge in [-0.2, -0.15) is 0 Å². The van der Waals surface area contributed by atoms with Crippen molar-refractivity contribution in [3.63, 3.8) is 0 Å². The molecule has 13 heavy (non-hydrogen) atoms. The molecule has 0 spiro atoms. The van der Waals surface area contributed by atoms with E-state index in [-0.39, 0.29) is 17.8 Å². The van der Waals surface area contributed by atoms with Crippen molar-refractivity contribution in [2.45, 2.75) is 18.4 Å². The van der Waals surface area contributed by atoms with Gasteiger partial charge in [0.15, 0.2) is 0 Å². The first-order chi connectivity index (χ1) is 6.22. The fourth-order valence-electron chi connectivity index (χ4n) is 1.51. The summed E-state index contributed by atoms with van der Waals surface area (Å²) in [7, 11) is 1.51. The summed E-state index contributed by atoms with van der Waals surface area (Å²) in [5, 5.41) is 9.22. The Kier molecular flexibility index (Phi) is 1.96. The predicted octanol–water partition coefficient (Wildman–Crippen LogP) is 1.68. The molecule has 0 heterocycles. The van der Waals surface area contributed by atoms with Crippen LogP contribution in [0.4, 0.5) is 4.39 Å². The molecule has 1 saturated carbocycles. The van der Waals surface area contributed by atoms with E-state index in [0.29, 0.717) is 5.75 Å². The molecule has 0 aliphatic heterocycles. The van der Waals surface area contributed by atoms with E-state index in [1.807, 2.05) is 0 Å². The van der Waals surface area contributed by atoms with E-state index in [4.69, 9.17) is 4.74 Å². The number of hydrogen-bond acceptors (Lipinski definition) is 2. The maximum absolute atomic E-state index is 12.8. The summed E-state index contributed by atoms with van der Waals surface area (Å²) in [6.07, 6.45) is 0.474. The Labute approximate surface area is 76.0 Å². The van der Waals surface area contributed by atoms with Gasteiger partial charge in [-0.25, -0.2) is 4.39 Å². The fraction of sp³-hybridized carbons (Fsp3) is 0.400. The number of rotatable bonds is 2. The molecule has 2 rings (SSSR count). The molecule has 1 aliphatic carbocycles. The monoisotopic (exact) mass is 182 g/mol. The normalized spacial score (nSPS) is 25.8. The van der Waals surface area contributed by atoms with Gasteiger partial charge in [0.1, 0.15) is 11.6 Å². The van der Waals surface area contributed by atoms with Crippen LogP contribution in [0, 0.1) is 5.82 Å². The van der Waals surface area contributed by atoms with E-state index in [9.17, 15) is 9.50 Å². The van der Waals surface area contributed by atoms with Crippen LogP contribution in [-0.2, 0) is 0 Å². The molecule has 2 nitrogen and oxygen atoms in total. The molecule has 1 aliphatic rings. The second-order valence-corrected chi connectivity index (χ2v) is 3.30. The zero-order valence-corrected chi connectivity index (χ0v) is 7.33. The Morgan fingerprint density at radius 3 is 2.77 bits per heavy atom. The lowest BCUT2D eigenvalue weighted by molar-refractivity contribution is 0.270. The summed E-state index contributed by atoms with van der Waals surface area (Å²) < 4.78 is 17.8. The Balaban J connectivity index is 2.34. The smallest absolute Gasteiger partial charge is 0.126 e. The molecule has 1 aromatic rings. The molecule has 1 aromatic carbocycles. The minimum absolute atomic E-state index is 0.135. The summed E-state index contributed by atoms with van der Waals surface area (Å²) in [5.41, 5.74) is 0.899. The topological polar surface area (TPSA) is 29.5 Å². The van der Waals surface area contributed by atoms with Crippen LogP contribution in [-0.4, -0.2) is 18.3 Å². The van der Waals surface area contributed by atoms with Crippen LogP contribution in [0.25, 0.3) is 0 Å². The van der Waals surface area contributed by atoms with Crippen molar-refractivity contribution in [3.8, 4) is 5.75 Å². The molecule has 0 bridgehead atoms. The highest BCUT2D eigenvalue weighted by molar-refractivity contribution is 5.40. The van der Waals surface area contributed by atoms with Gasteiger partial charge < -0.3 is 9.84 Å². The summed E-state index contributed by atoms with van der Waals surface area (Å²) in [5.74, 6) is 0.354. The van der Waals surface area contributed by atoms with Gasteiger partial charge in [-0.1, -0.05) is 6.07 Å². The Morgan fingerprint density at radius 1 is 1.54 bits per heavy atom.